The van der Waals surface area contributed by atoms with E-state index in [1.807, 2.05) is 6.07 Å². The Hall–Kier alpha value is -2.78. The zero-order valence-corrected chi connectivity index (χ0v) is 16.3. The Morgan fingerprint density at radius 3 is 2.70 bits per heavy atom. The molecule has 1 aromatic heterocycles. The first-order chi connectivity index (χ1) is 13.2. The summed E-state index contributed by atoms with van der Waals surface area (Å²) in [6.07, 6.45) is 8.53. The van der Waals surface area contributed by atoms with Crippen molar-refractivity contribution in [2.24, 2.45) is 0 Å². The second-order valence-electron chi connectivity index (χ2n) is 6.32. The SMILES string of the molecule is COc1ccc(/C=C\C(=O)Nc2sc3c(c2C#N)CCCCC3)cc1OC. The van der Waals surface area contributed by atoms with E-state index in [2.05, 4.69) is 11.4 Å². The predicted molar refractivity (Wildman–Crippen MR) is 108 cm³/mol. The van der Waals surface area contributed by atoms with E-state index in [4.69, 9.17) is 9.47 Å². The number of benzene rings is 1. The lowest BCUT2D eigenvalue weighted by atomic mass is 10.1. The average molecular weight is 382 g/mol. The van der Waals surface area contributed by atoms with Crippen LogP contribution in [0.25, 0.3) is 6.08 Å². The summed E-state index contributed by atoms with van der Waals surface area (Å²) in [5, 5.41) is 13.1. The number of carbonyl (C=O) groups excluding carboxylic acids is 1. The van der Waals surface area contributed by atoms with E-state index in [9.17, 15) is 10.1 Å². The summed E-state index contributed by atoms with van der Waals surface area (Å²) in [5.41, 5.74) is 2.58. The zero-order valence-electron chi connectivity index (χ0n) is 15.5. The third-order valence-corrected chi connectivity index (χ3v) is 5.81. The van der Waals surface area contributed by atoms with Crippen molar-refractivity contribution in [3.8, 4) is 17.6 Å². The fourth-order valence-electron chi connectivity index (χ4n) is 3.23. The van der Waals surface area contributed by atoms with E-state index in [-0.39, 0.29) is 5.91 Å². The molecule has 0 saturated carbocycles. The van der Waals surface area contributed by atoms with Crippen molar-refractivity contribution in [3.63, 3.8) is 0 Å². The Morgan fingerprint density at radius 1 is 1.19 bits per heavy atom. The van der Waals surface area contributed by atoms with Crippen LogP contribution >= 0.6 is 11.3 Å². The Kier molecular flexibility index (Phi) is 6.15. The fourth-order valence-corrected chi connectivity index (χ4v) is 4.47. The van der Waals surface area contributed by atoms with E-state index in [1.165, 1.54) is 28.7 Å². The van der Waals surface area contributed by atoms with Gasteiger partial charge < -0.3 is 14.8 Å². The fraction of sp³-hybridized carbons (Fsp3) is 0.333. The number of rotatable bonds is 5. The van der Waals surface area contributed by atoms with Crippen molar-refractivity contribution in [3.05, 3.63) is 45.8 Å². The normalized spacial score (nSPS) is 13.5. The molecular weight excluding hydrogens is 360 g/mol. The van der Waals surface area contributed by atoms with Gasteiger partial charge in [-0.15, -0.1) is 11.3 Å². The number of nitrogens with one attached hydrogen (secondary N) is 1. The van der Waals surface area contributed by atoms with Crippen LogP contribution in [0.15, 0.2) is 24.3 Å². The molecular formula is C21H22N2O3S. The number of aryl methyl sites for hydroxylation is 1. The van der Waals surface area contributed by atoms with E-state index >= 15 is 0 Å². The molecule has 1 aliphatic rings. The molecule has 1 aromatic carbocycles. The third-order valence-electron chi connectivity index (χ3n) is 4.60. The number of thiophene rings is 1. The molecule has 0 spiro atoms. The van der Waals surface area contributed by atoms with Gasteiger partial charge in [0.2, 0.25) is 5.91 Å². The Morgan fingerprint density at radius 2 is 1.96 bits per heavy atom. The van der Waals surface area contributed by atoms with Crippen molar-refractivity contribution < 1.29 is 14.3 Å². The Balaban J connectivity index is 1.75. The van der Waals surface area contributed by atoms with Crippen molar-refractivity contribution >= 4 is 28.3 Å². The average Bonchev–Trinajstić information content (AvgIpc) is 2.85. The van der Waals surface area contributed by atoms with Gasteiger partial charge in [-0.1, -0.05) is 12.5 Å². The maximum absolute atomic E-state index is 12.4. The topological polar surface area (TPSA) is 71.3 Å². The minimum absolute atomic E-state index is 0.252. The lowest BCUT2D eigenvalue weighted by Gasteiger charge is -2.07. The molecule has 27 heavy (non-hydrogen) atoms. The smallest absolute Gasteiger partial charge is 0.249 e. The first kappa shape index (κ1) is 19.0. The van der Waals surface area contributed by atoms with Gasteiger partial charge >= 0.3 is 0 Å². The van der Waals surface area contributed by atoms with Crippen LogP contribution in [0.1, 0.15) is 40.8 Å². The molecule has 0 radical (unpaired) electrons. The van der Waals surface area contributed by atoms with Crippen molar-refractivity contribution in [1.82, 2.24) is 0 Å². The van der Waals surface area contributed by atoms with Gasteiger partial charge in [-0.2, -0.15) is 5.26 Å². The van der Waals surface area contributed by atoms with E-state index in [0.717, 1.165) is 36.8 Å². The van der Waals surface area contributed by atoms with Gasteiger partial charge in [0.15, 0.2) is 11.5 Å². The highest BCUT2D eigenvalue weighted by molar-refractivity contribution is 7.16. The quantitative estimate of drug-likeness (QED) is 0.608. The summed E-state index contributed by atoms with van der Waals surface area (Å²) in [6, 6.07) is 7.72. The highest BCUT2D eigenvalue weighted by atomic mass is 32.1. The van der Waals surface area contributed by atoms with E-state index in [1.54, 1.807) is 32.4 Å². The molecule has 5 nitrogen and oxygen atoms in total. The molecule has 0 saturated heterocycles. The van der Waals surface area contributed by atoms with E-state index in [0.29, 0.717) is 22.1 Å². The lowest BCUT2D eigenvalue weighted by molar-refractivity contribution is -0.111. The second kappa shape index (κ2) is 8.74. The summed E-state index contributed by atoms with van der Waals surface area (Å²) in [5.74, 6) is 0.990. The molecule has 1 N–H and O–H groups in total. The van der Waals surface area contributed by atoms with Crippen LogP contribution in [0.4, 0.5) is 5.00 Å². The van der Waals surface area contributed by atoms with Crippen LogP contribution in [0.5, 0.6) is 11.5 Å². The van der Waals surface area contributed by atoms with Gasteiger partial charge in [-0.3, -0.25) is 4.79 Å². The molecule has 140 valence electrons. The summed E-state index contributed by atoms with van der Waals surface area (Å²) in [4.78, 5) is 13.6. The van der Waals surface area contributed by atoms with Crippen LogP contribution in [-0.2, 0) is 17.6 Å². The van der Waals surface area contributed by atoms with Gasteiger partial charge in [0.25, 0.3) is 0 Å². The molecule has 1 amide bonds. The minimum atomic E-state index is -0.252. The van der Waals surface area contributed by atoms with Crippen LogP contribution in [-0.4, -0.2) is 20.1 Å². The number of hydrogen-bond donors (Lipinski definition) is 1. The highest BCUT2D eigenvalue weighted by Crippen LogP contribution is 2.37. The second-order valence-corrected chi connectivity index (χ2v) is 7.42. The number of carbonyl (C=O) groups is 1. The first-order valence-corrected chi connectivity index (χ1v) is 9.73. The number of nitrogens with zero attached hydrogens (tertiary/aromatic N) is 1. The first-order valence-electron chi connectivity index (χ1n) is 8.92. The minimum Gasteiger partial charge on any atom is -0.493 e. The number of ether oxygens (including phenoxy) is 2. The number of nitriles is 1. The van der Waals surface area contributed by atoms with Gasteiger partial charge in [0.05, 0.1) is 19.8 Å². The summed E-state index contributed by atoms with van der Waals surface area (Å²) in [6.45, 7) is 0. The molecule has 3 rings (SSSR count). The summed E-state index contributed by atoms with van der Waals surface area (Å²) in [7, 11) is 3.15. The molecule has 6 heteroatoms. The summed E-state index contributed by atoms with van der Waals surface area (Å²) >= 11 is 1.54. The van der Waals surface area contributed by atoms with Crippen molar-refractivity contribution in [1.29, 1.82) is 5.26 Å². The molecule has 0 fully saturated rings. The molecule has 1 aliphatic carbocycles. The lowest BCUT2D eigenvalue weighted by Crippen LogP contribution is -2.07. The largest absolute Gasteiger partial charge is 0.493 e. The van der Waals surface area contributed by atoms with Crippen LogP contribution < -0.4 is 14.8 Å². The predicted octanol–water partition coefficient (Wildman–Crippen LogP) is 4.56. The molecule has 1 heterocycles. The van der Waals surface area contributed by atoms with Gasteiger partial charge in [-0.05, 0) is 55.0 Å². The van der Waals surface area contributed by atoms with E-state index < -0.39 is 0 Å². The van der Waals surface area contributed by atoms with Gasteiger partial charge in [0.1, 0.15) is 11.1 Å². The maximum Gasteiger partial charge on any atom is 0.249 e. The molecule has 0 aliphatic heterocycles. The molecule has 2 aromatic rings. The number of hydrogen-bond acceptors (Lipinski definition) is 5. The molecule has 0 atom stereocenters. The molecule has 0 bridgehead atoms. The monoisotopic (exact) mass is 382 g/mol. The van der Waals surface area contributed by atoms with Crippen LogP contribution in [0.3, 0.4) is 0 Å². The molecule has 0 unspecified atom stereocenters. The number of fused-ring (bicyclic) bond motifs is 1. The number of anilines is 1. The van der Waals surface area contributed by atoms with Crippen molar-refractivity contribution in [2.75, 3.05) is 19.5 Å². The Labute approximate surface area is 163 Å². The third kappa shape index (κ3) is 4.32. The van der Waals surface area contributed by atoms with Crippen LogP contribution in [0.2, 0.25) is 0 Å². The van der Waals surface area contributed by atoms with Crippen molar-refractivity contribution in [2.45, 2.75) is 32.1 Å². The number of amides is 1. The summed E-state index contributed by atoms with van der Waals surface area (Å²) < 4.78 is 10.5. The standard InChI is InChI=1S/C21H22N2O3S/c1-25-17-10-8-14(12-18(17)26-2)9-11-20(24)23-21-16(13-22)15-6-4-3-5-7-19(15)27-21/h8-12H,3-7H2,1-2H3,(H,23,24)/b11-9-. The van der Waals surface area contributed by atoms with Gasteiger partial charge in [-0.25, -0.2) is 0 Å². The van der Waals surface area contributed by atoms with Gasteiger partial charge in [0, 0.05) is 11.0 Å². The number of methoxy groups -OCH3 is 2. The Bertz CT molecular complexity index is 909. The maximum atomic E-state index is 12.4. The zero-order chi connectivity index (χ0) is 19.2. The highest BCUT2D eigenvalue weighted by Gasteiger charge is 2.20. The van der Waals surface area contributed by atoms with Crippen LogP contribution in [0, 0.1) is 11.3 Å².